The number of nitrogens with zero attached hydrogens (tertiary/aromatic N) is 3. The molecule has 2 heterocycles. The van der Waals surface area contributed by atoms with Gasteiger partial charge in [-0.05, 0) is 33.7 Å². The molecular weight excluding hydrogens is 500 g/mol. The van der Waals surface area contributed by atoms with Gasteiger partial charge in [0.15, 0.2) is 0 Å². The van der Waals surface area contributed by atoms with Crippen molar-refractivity contribution >= 4 is 17.5 Å². The number of rotatable bonds is 8. The molecule has 186 valence electrons. The topological polar surface area (TPSA) is 113 Å². The molecular formula is C29H21N4O4S+. The number of hydrogen-bond donors (Lipinski definition) is 1. The van der Waals surface area contributed by atoms with Crippen LogP contribution in [0.4, 0.5) is 0 Å². The maximum Gasteiger partial charge on any atom is 0.438 e. The summed E-state index contributed by atoms with van der Waals surface area (Å²) in [6.45, 7) is 0. The van der Waals surface area contributed by atoms with Crippen LogP contribution < -0.4 is 15.0 Å². The molecule has 5 aromatic rings. The first kappa shape index (κ1) is 24.7. The third-order valence-electron chi connectivity index (χ3n) is 5.83. The Bertz CT molecular complexity index is 1690. The first-order valence-electron chi connectivity index (χ1n) is 11.6. The lowest BCUT2D eigenvalue weighted by molar-refractivity contribution is -0.672. The van der Waals surface area contributed by atoms with E-state index in [0.717, 1.165) is 22.9 Å². The summed E-state index contributed by atoms with van der Waals surface area (Å²) in [4.78, 5) is 30.5. The number of Topliss-reactive ketones (excluding diaryl/α,β-unsaturated/α-hetero) is 1. The molecule has 0 radical (unpaired) electrons. The Morgan fingerprint density at radius 3 is 2.32 bits per heavy atom. The average molecular weight is 522 g/mol. The van der Waals surface area contributed by atoms with Gasteiger partial charge < -0.3 is 4.74 Å². The van der Waals surface area contributed by atoms with Gasteiger partial charge in [0.2, 0.25) is 11.5 Å². The van der Waals surface area contributed by atoms with Crippen molar-refractivity contribution in [2.24, 2.45) is 0 Å². The van der Waals surface area contributed by atoms with E-state index in [1.807, 2.05) is 66.7 Å². The Hall–Kier alpha value is -4.94. The van der Waals surface area contributed by atoms with E-state index in [9.17, 15) is 14.9 Å². The van der Waals surface area contributed by atoms with Gasteiger partial charge in [-0.3, -0.25) is 9.32 Å². The average Bonchev–Trinajstić information content (AvgIpc) is 3.37. The van der Waals surface area contributed by atoms with Crippen molar-refractivity contribution < 1.29 is 18.7 Å². The highest BCUT2D eigenvalue weighted by atomic mass is 32.2. The normalized spacial score (nSPS) is 10.6. The molecule has 0 spiro atoms. The zero-order valence-corrected chi connectivity index (χ0v) is 21.1. The molecule has 3 aromatic carbocycles. The summed E-state index contributed by atoms with van der Waals surface area (Å²) in [5.41, 5.74) is 3.06. The number of ether oxygens (including phenoxy) is 1. The Labute approximate surface area is 222 Å². The van der Waals surface area contributed by atoms with E-state index < -0.39 is 11.4 Å². The van der Waals surface area contributed by atoms with Crippen molar-refractivity contribution in [3.63, 3.8) is 0 Å². The molecule has 0 aliphatic heterocycles. The number of H-pyrrole nitrogens is 1. The van der Waals surface area contributed by atoms with E-state index in [-0.39, 0.29) is 11.4 Å². The number of thioether (sulfide) groups is 1. The molecule has 0 saturated carbocycles. The molecule has 0 unspecified atom stereocenters. The van der Waals surface area contributed by atoms with Crippen LogP contribution in [0.3, 0.4) is 0 Å². The summed E-state index contributed by atoms with van der Waals surface area (Å²) < 4.78 is 11.4. The zero-order valence-electron chi connectivity index (χ0n) is 20.3. The summed E-state index contributed by atoms with van der Waals surface area (Å²) in [7, 11) is 1.55. The number of nitriles is 1. The summed E-state index contributed by atoms with van der Waals surface area (Å²) >= 11 is 1.10. The second kappa shape index (κ2) is 11.0. The predicted octanol–water partition coefficient (Wildman–Crippen LogP) is 4.83. The molecule has 8 nitrogen and oxygen atoms in total. The first-order valence-corrected chi connectivity index (χ1v) is 12.6. The lowest BCUT2D eigenvalue weighted by atomic mass is 9.99. The van der Waals surface area contributed by atoms with E-state index in [1.54, 1.807) is 31.4 Å². The van der Waals surface area contributed by atoms with Crippen LogP contribution >= 0.6 is 11.8 Å². The monoisotopic (exact) mass is 521 g/mol. The summed E-state index contributed by atoms with van der Waals surface area (Å²) in [5.74, 6) is 0.0246. The number of carbonyl (C=O) groups is 1. The highest BCUT2D eigenvalue weighted by molar-refractivity contribution is 8.00. The van der Waals surface area contributed by atoms with Crippen LogP contribution in [0, 0.1) is 11.3 Å². The number of nitrogens with one attached hydrogen (secondary N) is 1. The standard InChI is InChI=1S/C29H20N4O4S/c1-36-22-14-12-21(13-15-22)33-27(29(35)37-32-33)26(34)18-38-28-24(17-30)23(19-8-4-2-5-9-19)16-25(31-28)20-10-6-3-7-11-20/h2-16H,18H2,1H3/p+1. The molecule has 5 rings (SSSR count). The number of ketones is 1. The van der Waals surface area contributed by atoms with Gasteiger partial charge in [0.1, 0.15) is 16.8 Å². The number of benzene rings is 3. The number of carbonyl (C=O) groups excluding carboxylic acids is 1. The van der Waals surface area contributed by atoms with Crippen LogP contribution in [-0.4, -0.2) is 28.9 Å². The largest absolute Gasteiger partial charge is 0.497 e. The van der Waals surface area contributed by atoms with Gasteiger partial charge >= 0.3 is 11.3 Å². The second-order valence-corrected chi connectivity index (χ2v) is 9.12. The van der Waals surface area contributed by atoms with Crippen LogP contribution in [0.25, 0.3) is 28.1 Å². The number of methoxy groups -OCH3 is 1. The maximum absolute atomic E-state index is 13.3. The van der Waals surface area contributed by atoms with Crippen LogP contribution in [0.1, 0.15) is 16.1 Å². The minimum absolute atomic E-state index is 0.132. The summed E-state index contributed by atoms with van der Waals surface area (Å²) in [5, 5.41) is 13.0. The van der Waals surface area contributed by atoms with E-state index in [1.165, 1.54) is 4.68 Å². The van der Waals surface area contributed by atoms with Crippen LogP contribution in [0.2, 0.25) is 0 Å². The molecule has 0 aliphatic carbocycles. The fourth-order valence-electron chi connectivity index (χ4n) is 3.96. The van der Waals surface area contributed by atoms with Gasteiger partial charge in [-0.2, -0.15) is 5.26 Å². The summed E-state index contributed by atoms with van der Waals surface area (Å²) in [6.07, 6.45) is 0. The minimum Gasteiger partial charge on any atom is -0.497 e. The third-order valence-corrected chi connectivity index (χ3v) is 6.81. The van der Waals surface area contributed by atoms with E-state index in [4.69, 9.17) is 14.2 Å². The molecule has 2 aromatic heterocycles. The second-order valence-electron chi connectivity index (χ2n) is 8.15. The number of aromatic amines is 1. The number of aromatic nitrogens is 3. The Morgan fingerprint density at radius 1 is 1.03 bits per heavy atom. The van der Waals surface area contributed by atoms with E-state index >= 15 is 0 Å². The Balaban J connectivity index is 1.51. The highest BCUT2D eigenvalue weighted by Gasteiger charge is 2.31. The molecule has 0 bridgehead atoms. The van der Waals surface area contributed by atoms with Gasteiger partial charge in [-0.15, -0.1) is 0 Å². The molecule has 0 amide bonds. The van der Waals surface area contributed by atoms with Crippen LogP contribution in [0.15, 0.2) is 105 Å². The van der Waals surface area contributed by atoms with Crippen molar-refractivity contribution in [1.82, 2.24) is 10.3 Å². The maximum atomic E-state index is 13.3. The van der Waals surface area contributed by atoms with Gasteiger partial charge in [0, 0.05) is 23.3 Å². The lowest BCUT2D eigenvalue weighted by Crippen LogP contribution is -2.41. The quantitative estimate of drug-likeness (QED) is 0.177. The minimum atomic E-state index is -0.789. The van der Waals surface area contributed by atoms with Gasteiger partial charge in [-0.1, -0.05) is 72.4 Å². The number of hydrogen-bond acceptors (Lipinski definition) is 7. The third kappa shape index (κ3) is 4.98. The Kier molecular flexibility index (Phi) is 7.15. The molecule has 0 aliphatic rings. The molecule has 1 N–H and O–H groups in total. The van der Waals surface area contributed by atoms with Crippen molar-refractivity contribution in [2.45, 2.75) is 5.03 Å². The lowest BCUT2D eigenvalue weighted by Gasteiger charge is -2.12. The van der Waals surface area contributed by atoms with E-state index in [2.05, 4.69) is 11.3 Å². The molecule has 0 fully saturated rings. The van der Waals surface area contributed by atoms with Crippen LogP contribution in [-0.2, 0) is 0 Å². The van der Waals surface area contributed by atoms with Crippen molar-refractivity contribution in [3.8, 4) is 39.9 Å². The zero-order chi connectivity index (χ0) is 26.5. The molecule has 9 heteroatoms. The van der Waals surface area contributed by atoms with Crippen molar-refractivity contribution in [3.05, 3.63) is 113 Å². The van der Waals surface area contributed by atoms with Gasteiger partial charge in [0.25, 0.3) is 0 Å². The van der Waals surface area contributed by atoms with E-state index in [0.29, 0.717) is 33.3 Å². The van der Waals surface area contributed by atoms with Gasteiger partial charge in [-0.25, -0.2) is 9.78 Å². The summed E-state index contributed by atoms with van der Waals surface area (Å²) in [6, 6.07) is 30.1. The first-order chi connectivity index (χ1) is 18.6. The fraction of sp³-hybridized carbons (Fsp3) is 0.0690. The van der Waals surface area contributed by atoms with Crippen molar-refractivity contribution in [2.75, 3.05) is 12.9 Å². The number of pyridine rings is 1. The SMILES string of the molecule is COc1ccc(-[n+]2[nH]oc(=O)c2C(=O)CSc2nc(-c3ccccc3)cc(-c3ccccc3)c2C#N)cc1. The molecule has 0 saturated heterocycles. The van der Waals surface area contributed by atoms with Gasteiger partial charge in [0.05, 0.1) is 24.1 Å². The molecule has 38 heavy (non-hydrogen) atoms. The fourth-order valence-corrected chi connectivity index (χ4v) is 4.83. The smallest absolute Gasteiger partial charge is 0.438 e. The Morgan fingerprint density at radius 2 is 1.68 bits per heavy atom. The van der Waals surface area contributed by atoms with Crippen LogP contribution in [0.5, 0.6) is 5.75 Å². The predicted molar refractivity (Wildman–Crippen MR) is 142 cm³/mol. The van der Waals surface area contributed by atoms with Crippen molar-refractivity contribution in [1.29, 1.82) is 5.26 Å². The highest BCUT2D eigenvalue weighted by Crippen LogP contribution is 2.34. The molecule has 0 atom stereocenters.